The molecule has 174 valence electrons. The number of carbonyl (C=O) groups excluding carboxylic acids is 2. The molecule has 1 aromatic heterocycles. The number of hydrogen-bond donors (Lipinski definition) is 2. The van der Waals surface area contributed by atoms with Crippen molar-refractivity contribution >= 4 is 29.1 Å². The van der Waals surface area contributed by atoms with Crippen LogP contribution < -0.4 is 20.3 Å². The van der Waals surface area contributed by atoms with E-state index in [0.29, 0.717) is 38.2 Å². The summed E-state index contributed by atoms with van der Waals surface area (Å²) in [6.45, 7) is 2.69. The van der Waals surface area contributed by atoms with E-state index < -0.39 is 5.82 Å². The summed E-state index contributed by atoms with van der Waals surface area (Å²) in [6.07, 6.45) is 3.64. The highest BCUT2D eigenvalue weighted by Crippen LogP contribution is 2.60. The van der Waals surface area contributed by atoms with E-state index in [4.69, 9.17) is 21.1 Å². The lowest BCUT2D eigenvalue weighted by Crippen LogP contribution is -2.84. The fourth-order valence-corrected chi connectivity index (χ4v) is 5.08. The van der Waals surface area contributed by atoms with Gasteiger partial charge in [-0.05, 0) is 43.5 Å². The van der Waals surface area contributed by atoms with Gasteiger partial charge in [0.2, 0.25) is 0 Å². The number of aromatic nitrogens is 1. The minimum Gasteiger partial charge on any atom is -0.484 e. The smallest absolute Gasteiger partial charge is 0.270 e. The molecular formula is C23H24ClFN4O4. The molecule has 1 saturated heterocycles. The van der Waals surface area contributed by atoms with Gasteiger partial charge in [0.1, 0.15) is 17.3 Å². The van der Waals surface area contributed by atoms with Crippen LogP contribution in [0.1, 0.15) is 29.8 Å². The number of morpholine rings is 1. The van der Waals surface area contributed by atoms with Crippen molar-refractivity contribution in [1.82, 2.24) is 15.6 Å². The molecule has 2 heterocycles. The number of carbonyl (C=O) groups is 2. The molecule has 2 bridgehead atoms. The van der Waals surface area contributed by atoms with Crippen molar-refractivity contribution in [1.29, 1.82) is 0 Å². The van der Waals surface area contributed by atoms with Crippen LogP contribution >= 0.6 is 11.6 Å². The van der Waals surface area contributed by atoms with Crippen LogP contribution in [0.4, 0.5) is 10.1 Å². The molecule has 4 aliphatic rings. The van der Waals surface area contributed by atoms with E-state index in [1.807, 2.05) is 6.07 Å². The van der Waals surface area contributed by atoms with Gasteiger partial charge in [0.25, 0.3) is 11.8 Å². The Morgan fingerprint density at radius 2 is 1.85 bits per heavy atom. The van der Waals surface area contributed by atoms with Gasteiger partial charge in [0.05, 0.1) is 18.2 Å². The van der Waals surface area contributed by atoms with Gasteiger partial charge in [-0.15, -0.1) is 0 Å². The number of nitrogens with zero attached hydrogens (tertiary/aromatic N) is 2. The van der Waals surface area contributed by atoms with Gasteiger partial charge in [0, 0.05) is 42.1 Å². The number of benzene rings is 1. The standard InChI is InChI=1S/C23H24ClFN4O4/c24-17-2-1-16(10-18(17)25)33-11-20(30)27-22-12-23(13-22,14-22)28-21(31)19-9-15(3-4-26-19)29-5-7-32-8-6-29/h1-4,9-10H,5-8,11-14H2,(H,27,30)(H,28,31). The van der Waals surface area contributed by atoms with Crippen LogP contribution in [0.5, 0.6) is 5.75 Å². The number of ether oxygens (including phenoxy) is 2. The second-order valence-corrected chi connectivity index (χ2v) is 9.36. The van der Waals surface area contributed by atoms with Gasteiger partial charge in [-0.2, -0.15) is 0 Å². The Hall–Kier alpha value is -2.91. The SMILES string of the molecule is O=C(COc1ccc(Cl)c(F)c1)NC12CC(NC(=O)c3cc(N4CCOCC4)ccn3)(C1)C2. The molecular weight excluding hydrogens is 451 g/mol. The molecule has 6 rings (SSSR count). The first-order chi connectivity index (χ1) is 15.9. The van der Waals surface area contributed by atoms with E-state index >= 15 is 0 Å². The summed E-state index contributed by atoms with van der Waals surface area (Å²) in [7, 11) is 0. The van der Waals surface area contributed by atoms with Gasteiger partial charge in [-0.3, -0.25) is 14.6 Å². The van der Waals surface area contributed by atoms with Crippen LogP contribution in [0.15, 0.2) is 36.5 Å². The Labute approximate surface area is 195 Å². The third-order valence-corrected chi connectivity index (χ3v) is 6.73. The molecule has 2 amide bonds. The quantitative estimate of drug-likeness (QED) is 0.639. The zero-order chi connectivity index (χ0) is 23.1. The zero-order valence-electron chi connectivity index (χ0n) is 17.9. The van der Waals surface area contributed by atoms with Crippen molar-refractivity contribution in [2.75, 3.05) is 37.8 Å². The third-order valence-electron chi connectivity index (χ3n) is 6.43. The van der Waals surface area contributed by atoms with E-state index in [2.05, 4.69) is 20.5 Å². The van der Waals surface area contributed by atoms with Crippen LogP contribution in [-0.4, -0.2) is 60.8 Å². The van der Waals surface area contributed by atoms with Crippen LogP contribution in [0.3, 0.4) is 0 Å². The summed E-state index contributed by atoms with van der Waals surface area (Å²) in [6, 6.07) is 7.73. The Balaban J connectivity index is 1.10. The molecule has 4 fully saturated rings. The van der Waals surface area contributed by atoms with Gasteiger partial charge in [-0.25, -0.2) is 4.39 Å². The fourth-order valence-electron chi connectivity index (χ4n) is 4.97. The Morgan fingerprint density at radius 1 is 1.12 bits per heavy atom. The molecule has 0 unspecified atom stereocenters. The lowest BCUT2D eigenvalue weighted by Gasteiger charge is -2.70. The fraction of sp³-hybridized carbons (Fsp3) is 0.435. The highest BCUT2D eigenvalue weighted by molar-refractivity contribution is 6.30. The van der Waals surface area contributed by atoms with Crippen molar-refractivity contribution in [3.05, 3.63) is 53.1 Å². The first kappa shape index (κ1) is 21.9. The molecule has 0 spiro atoms. The van der Waals surface area contributed by atoms with Crippen molar-refractivity contribution in [3.63, 3.8) is 0 Å². The minimum atomic E-state index is -0.600. The summed E-state index contributed by atoms with van der Waals surface area (Å²) in [5.41, 5.74) is 0.717. The molecule has 10 heteroatoms. The van der Waals surface area contributed by atoms with Crippen molar-refractivity contribution in [3.8, 4) is 5.75 Å². The predicted molar refractivity (Wildman–Crippen MR) is 119 cm³/mol. The van der Waals surface area contributed by atoms with Crippen LogP contribution in [-0.2, 0) is 9.53 Å². The van der Waals surface area contributed by atoms with Crippen molar-refractivity contribution in [2.24, 2.45) is 0 Å². The summed E-state index contributed by atoms with van der Waals surface area (Å²) >= 11 is 5.64. The third kappa shape index (κ3) is 4.47. The second kappa shape index (κ2) is 8.46. The summed E-state index contributed by atoms with van der Waals surface area (Å²) in [5, 5.41) is 6.06. The van der Waals surface area contributed by atoms with Crippen LogP contribution in [0, 0.1) is 5.82 Å². The Morgan fingerprint density at radius 3 is 2.58 bits per heavy atom. The largest absolute Gasteiger partial charge is 0.484 e. The predicted octanol–water partition coefficient (Wildman–Crippen LogP) is 2.31. The highest BCUT2D eigenvalue weighted by atomic mass is 35.5. The average molecular weight is 475 g/mol. The molecule has 2 aromatic rings. The molecule has 8 nitrogen and oxygen atoms in total. The molecule has 1 aromatic carbocycles. The number of anilines is 1. The normalized spacial score (nSPS) is 25.5. The molecule has 3 saturated carbocycles. The maximum absolute atomic E-state index is 13.5. The Bertz CT molecular complexity index is 1070. The zero-order valence-corrected chi connectivity index (χ0v) is 18.7. The number of nitrogens with one attached hydrogen (secondary N) is 2. The molecule has 2 N–H and O–H groups in total. The number of amides is 2. The molecule has 0 radical (unpaired) electrons. The maximum atomic E-state index is 13.5. The average Bonchev–Trinajstić information content (AvgIpc) is 2.78. The minimum absolute atomic E-state index is 0.00367. The van der Waals surface area contributed by atoms with Crippen molar-refractivity contribution in [2.45, 2.75) is 30.3 Å². The van der Waals surface area contributed by atoms with Gasteiger partial charge in [-0.1, -0.05) is 11.6 Å². The van der Waals surface area contributed by atoms with Gasteiger partial charge in [0.15, 0.2) is 6.61 Å². The monoisotopic (exact) mass is 474 g/mol. The first-order valence-corrected chi connectivity index (χ1v) is 11.2. The lowest BCUT2D eigenvalue weighted by molar-refractivity contribution is -0.141. The number of pyridine rings is 1. The summed E-state index contributed by atoms with van der Waals surface area (Å²) in [4.78, 5) is 31.5. The lowest BCUT2D eigenvalue weighted by atomic mass is 9.44. The van der Waals surface area contributed by atoms with E-state index in [1.165, 1.54) is 12.1 Å². The number of halogens is 2. The molecule has 33 heavy (non-hydrogen) atoms. The van der Waals surface area contributed by atoms with E-state index in [-0.39, 0.29) is 40.3 Å². The second-order valence-electron chi connectivity index (χ2n) is 8.96. The first-order valence-electron chi connectivity index (χ1n) is 10.9. The van der Waals surface area contributed by atoms with Gasteiger partial charge >= 0.3 is 0 Å². The summed E-state index contributed by atoms with van der Waals surface area (Å²) in [5.74, 6) is -0.862. The molecule has 0 atom stereocenters. The van der Waals surface area contributed by atoms with Crippen LogP contribution in [0.25, 0.3) is 0 Å². The van der Waals surface area contributed by atoms with E-state index in [0.717, 1.165) is 24.8 Å². The Kier molecular flexibility index (Phi) is 5.62. The van der Waals surface area contributed by atoms with E-state index in [1.54, 1.807) is 12.3 Å². The number of rotatable bonds is 7. The van der Waals surface area contributed by atoms with Crippen molar-refractivity contribution < 1.29 is 23.5 Å². The van der Waals surface area contributed by atoms with E-state index in [9.17, 15) is 14.0 Å². The van der Waals surface area contributed by atoms with Gasteiger partial charge < -0.3 is 25.0 Å². The maximum Gasteiger partial charge on any atom is 0.270 e. The summed E-state index contributed by atoms with van der Waals surface area (Å²) < 4.78 is 24.2. The molecule has 1 aliphatic heterocycles. The van der Waals surface area contributed by atoms with Crippen LogP contribution in [0.2, 0.25) is 5.02 Å². The molecule has 3 aliphatic carbocycles. The highest BCUT2D eigenvalue weighted by Gasteiger charge is 2.69. The topological polar surface area (TPSA) is 92.8 Å². The number of hydrogen-bond acceptors (Lipinski definition) is 6.